The lowest BCUT2D eigenvalue weighted by molar-refractivity contribution is -0.117. The van der Waals surface area contributed by atoms with Gasteiger partial charge < -0.3 is 14.5 Å². The predicted molar refractivity (Wildman–Crippen MR) is 96.8 cm³/mol. The van der Waals surface area contributed by atoms with Gasteiger partial charge in [-0.25, -0.2) is 9.97 Å². The van der Waals surface area contributed by atoms with Crippen molar-refractivity contribution in [1.82, 2.24) is 14.4 Å². The highest BCUT2D eigenvalue weighted by atomic mass is 16.5. The maximum absolute atomic E-state index is 12.6. The Labute approximate surface area is 149 Å². The molecular weight excluding hydrogens is 334 g/mol. The number of piperazine rings is 1. The standard InChI is InChI=1S/C18H17N5O3/c1-26-16-10-13(5-6-19-16)22-9-8-21(12-18(22)25)15-11-17(24)23-7-3-2-4-14(23)20-15/h2-7,10-11H,8-9,12H2,1H3. The Morgan fingerprint density at radius 2 is 2.00 bits per heavy atom. The number of carbonyl (C=O) groups is 1. The molecule has 1 saturated heterocycles. The van der Waals surface area contributed by atoms with Crippen molar-refractivity contribution in [3.05, 3.63) is 59.1 Å². The number of hydrogen-bond donors (Lipinski definition) is 0. The summed E-state index contributed by atoms with van der Waals surface area (Å²) in [5, 5.41) is 0. The second-order valence-corrected chi connectivity index (χ2v) is 5.90. The lowest BCUT2D eigenvalue weighted by Crippen LogP contribution is -2.51. The fourth-order valence-corrected chi connectivity index (χ4v) is 3.02. The van der Waals surface area contributed by atoms with Gasteiger partial charge in [-0.3, -0.25) is 14.0 Å². The molecule has 1 aliphatic rings. The Bertz CT molecular complexity index is 1030. The highest BCUT2D eigenvalue weighted by Crippen LogP contribution is 2.22. The van der Waals surface area contributed by atoms with Gasteiger partial charge in [0.2, 0.25) is 11.8 Å². The van der Waals surface area contributed by atoms with Crippen molar-refractivity contribution < 1.29 is 9.53 Å². The van der Waals surface area contributed by atoms with Gasteiger partial charge in [0, 0.05) is 37.6 Å². The van der Waals surface area contributed by atoms with Crippen molar-refractivity contribution in [2.24, 2.45) is 0 Å². The Balaban J connectivity index is 1.59. The van der Waals surface area contributed by atoms with Gasteiger partial charge in [0.25, 0.3) is 5.56 Å². The van der Waals surface area contributed by atoms with E-state index >= 15 is 0 Å². The Morgan fingerprint density at radius 1 is 1.12 bits per heavy atom. The van der Waals surface area contributed by atoms with Crippen LogP contribution in [-0.2, 0) is 4.79 Å². The second-order valence-electron chi connectivity index (χ2n) is 5.90. The smallest absolute Gasteiger partial charge is 0.259 e. The summed E-state index contributed by atoms with van der Waals surface area (Å²) in [5.74, 6) is 0.906. The number of amides is 1. The van der Waals surface area contributed by atoms with E-state index in [1.165, 1.54) is 17.6 Å². The molecule has 0 N–H and O–H groups in total. The highest BCUT2D eigenvalue weighted by Gasteiger charge is 2.26. The number of rotatable bonds is 3. The first-order chi connectivity index (χ1) is 12.7. The van der Waals surface area contributed by atoms with Crippen LogP contribution in [-0.4, -0.2) is 47.0 Å². The Kier molecular flexibility index (Phi) is 4.00. The molecule has 4 rings (SSSR count). The van der Waals surface area contributed by atoms with Crippen LogP contribution in [0, 0.1) is 0 Å². The average molecular weight is 351 g/mol. The van der Waals surface area contributed by atoms with Crippen LogP contribution in [0.15, 0.2) is 53.6 Å². The SMILES string of the molecule is COc1cc(N2CCN(c3cc(=O)n4ccccc4n3)CC2=O)ccn1. The number of hydrogen-bond acceptors (Lipinski definition) is 6. The fourth-order valence-electron chi connectivity index (χ4n) is 3.02. The largest absolute Gasteiger partial charge is 0.481 e. The molecule has 0 bridgehead atoms. The summed E-state index contributed by atoms with van der Waals surface area (Å²) in [7, 11) is 1.54. The summed E-state index contributed by atoms with van der Waals surface area (Å²) in [6, 6.07) is 10.3. The highest BCUT2D eigenvalue weighted by molar-refractivity contribution is 5.97. The molecule has 0 spiro atoms. The van der Waals surface area contributed by atoms with E-state index in [9.17, 15) is 9.59 Å². The molecule has 0 aromatic carbocycles. The summed E-state index contributed by atoms with van der Waals surface area (Å²) in [6.45, 7) is 1.22. The third kappa shape index (κ3) is 2.85. The normalized spacial score (nSPS) is 14.7. The van der Waals surface area contributed by atoms with Crippen molar-refractivity contribution in [3.8, 4) is 5.88 Å². The summed E-state index contributed by atoms with van der Waals surface area (Å²) in [5.41, 5.74) is 1.14. The molecule has 0 saturated carbocycles. The molecule has 4 heterocycles. The summed E-state index contributed by atoms with van der Waals surface area (Å²) >= 11 is 0. The molecule has 26 heavy (non-hydrogen) atoms. The zero-order valence-electron chi connectivity index (χ0n) is 14.2. The third-order valence-corrected chi connectivity index (χ3v) is 4.34. The average Bonchev–Trinajstić information content (AvgIpc) is 2.68. The molecule has 0 aliphatic carbocycles. The van der Waals surface area contributed by atoms with Crippen LogP contribution in [0.3, 0.4) is 0 Å². The number of pyridine rings is 2. The van der Waals surface area contributed by atoms with Crippen LogP contribution in [0.5, 0.6) is 5.88 Å². The number of fused-ring (bicyclic) bond motifs is 1. The number of aromatic nitrogens is 3. The quantitative estimate of drug-likeness (QED) is 0.699. The van der Waals surface area contributed by atoms with E-state index in [4.69, 9.17) is 4.74 Å². The van der Waals surface area contributed by atoms with Gasteiger partial charge in [-0.2, -0.15) is 0 Å². The molecule has 3 aromatic rings. The van der Waals surface area contributed by atoms with Crippen LogP contribution in [0.4, 0.5) is 11.5 Å². The summed E-state index contributed by atoms with van der Waals surface area (Å²) in [6.07, 6.45) is 3.29. The minimum atomic E-state index is -0.167. The molecular formula is C18H17N5O3. The number of anilines is 2. The van der Waals surface area contributed by atoms with E-state index in [0.717, 1.165) is 5.69 Å². The van der Waals surface area contributed by atoms with Crippen molar-refractivity contribution in [3.63, 3.8) is 0 Å². The van der Waals surface area contributed by atoms with Crippen LogP contribution < -0.4 is 20.1 Å². The number of carbonyl (C=O) groups excluding carboxylic acids is 1. The van der Waals surface area contributed by atoms with E-state index < -0.39 is 0 Å². The van der Waals surface area contributed by atoms with Gasteiger partial charge in [-0.1, -0.05) is 6.07 Å². The van der Waals surface area contributed by atoms with Gasteiger partial charge in [-0.15, -0.1) is 0 Å². The fraction of sp³-hybridized carbons (Fsp3) is 0.222. The first-order valence-corrected chi connectivity index (χ1v) is 8.19. The maximum Gasteiger partial charge on any atom is 0.259 e. The Hall–Kier alpha value is -3.42. The minimum absolute atomic E-state index is 0.0698. The molecule has 0 atom stereocenters. The topological polar surface area (TPSA) is 80.0 Å². The van der Waals surface area contributed by atoms with Gasteiger partial charge >= 0.3 is 0 Å². The molecule has 0 unspecified atom stereocenters. The molecule has 132 valence electrons. The lowest BCUT2D eigenvalue weighted by Gasteiger charge is -2.34. The molecule has 1 aliphatic heterocycles. The zero-order valence-corrected chi connectivity index (χ0v) is 14.2. The predicted octanol–water partition coefficient (Wildman–Crippen LogP) is 0.951. The molecule has 8 heteroatoms. The van der Waals surface area contributed by atoms with Crippen molar-refractivity contribution in [2.75, 3.05) is 36.5 Å². The summed E-state index contributed by atoms with van der Waals surface area (Å²) < 4.78 is 6.60. The van der Waals surface area contributed by atoms with Crippen molar-refractivity contribution in [1.29, 1.82) is 0 Å². The van der Waals surface area contributed by atoms with Crippen molar-refractivity contribution in [2.45, 2.75) is 0 Å². The molecule has 3 aromatic heterocycles. The first kappa shape index (κ1) is 16.1. The van der Waals surface area contributed by atoms with Crippen LogP contribution >= 0.6 is 0 Å². The molecule has 1 amide bonds. The van der Waals surface area contributed by atoms with Gasteiger partial charge in [0.1, 0.15) is 11.5 Å². The van der Waals surface area contributed by atoms with Gasteiger partial charge in [0.15, 0.2) is 0 Å². The second kappa shape index (κ2) is 6.47. The number of methoxy groups -OCH3 is 1. The van der Waals surface area contributed by atoms with E-state index in [-0.39, 0.29) is 18.0 Å². The zero-order chi connectivity index (χ0) is 18.1. The third-order valence-electron chi connectivity index (χ3n) is 4.34. The van der Waals surface area contributed by atoms with Gasteiger partial charge in [0.05, 0.1) is 19.3 Å². The molecule has 1 fully saturated rings. The molecule has 0 radical (unpaired) electrons. The minimum Gasteiger partial charge on any atom is -0.481 e. The first-order valence-electron chi connectivity index (χ1n) is 8.19. The number of nitrogens with zero attached hydrogens (tertiary/aromatic N) is 5. The van der Waals surface area contributed by atoms with E-state index in [1.807, 2.05) is 11.0 Å². The van der Waals surface area contributed by atoms with Crippen molar-refractivity contribution >= 4 is 23.1 Å². The number of ether oxygens (including phenoxy) is 1. The van der Waals surface area contributed by atoms with E-state index in [0.29, 0.717) is 30.4 Å². The Morgan fingerprint density at radius 3 is 2.81 bits per heavy atom. The lowest BCUT2D eigenvalue weighted by atomic mass is 10.2. The maximum atomic E-state index is 12.6. The van der Waals surface area contributed by atoms with E-state index in [1.54, 1.807) is 41.6 Å². The van der Waals surface area contributed by atoms with E-state index in [2.05, 4.69) is 9.97 Å². The van der Waals surface area contributed by atoms with Crippen LogP contribution in [0.1, 0.15) is 0 Å². The molecule has 8 nitrogen and oxygen atoms in total. The van der Waals surface area contributed by atoms with Crippen LogP contribution in [0.2, 0.25) is 0 Å². The van der Waals surface area contributed by atoms with Gasteiger partial charge in [-0.05, 0) is 18.2 Å². The summed E-state index contributed by atoms with van der Waals surface area (Å²) in [4.78, 5) is 37.0. The monoisotopic (exact) mass is 351 g/mol. The van der Waals surface area contributed by atoms with Crippen LogP contribution in [0.25, 0.3) is 5.65 Å².